The van der Waals surface area contributed by atoms with E-state index in [1.807, 2.05) is 0 Å². The summed E-state index contributed by atoms with van der Waals surface area (Å²) < 4.78 is 8.73. The number of nitrogens with two attached hydrogens (primary N) is 1. The average Bonchev–Trinajstić information content (AvgIpc) is 3.01. The summed E-state index contributed by atoms with van der Waals surface area (Å²) in [6, 6.07) is 0. The molecule has 0 saturated carbocycles. The molecule has 8 nitrogen and oxygen atoms in total. The summed E-state index contributed by atoms with van der Waals surface area (Å²) in [6.45, 7) is 1.70. The van der Waals surface area contributed by atoms with E-state index in [1.165, 1.54) is 10.9 Å². The molecule has 0 aliphatic carbocycles. The van der Waals surface area contributed by atoms with E-state index in [9.17, 15) is 9.90 Å². The molecule has 8 heteroatoms. The summed E-state index contributed by atoms with van der Waals surface area (Å²) in [4.78, 5) is 20.3. The van der Waals surface area contributed by atoms with Gasteiger partial charge in [0.2, 0.25) is 5.95 Å². The molecular weight excluding hydrogens is 262 g/mol. The monoisotopic (exact) mass is 279 g/mol. The van der Waals surface area contributed by atoms with Crippen LogP contribution in [-0.2, 0) is 11.8 Å². The lowest BCUT2D eigenvalue weighted by molar-refractivity contribution is -0.0515. The minimum atomic E-state index is -0.527. The molecule has 1 saturated heterocycles. The average molecular weight is 279 g/mol. The predicted molar refractivity (Wildman–Crippen MR) is 72.0 cm³/mol. The van der Waals surface area contributed by atoms with E-state index < -0.39 is 6.10 Å². The molecule has 3 atom stereocenters. The predicted octanol–water partition coefficient (Wildman–Crippen LogP) is -0.229. The standard InChI is InChI=1S/C12H17N5O3/c1-6(18)7-3-4-8(20-7)17-5-14-9-10(17)15-12(13)16(2)11(9)19/h5-8,18H,3-4H2,1-2H3,(H2,13,15). The molecule has 0 bridgehead atoms. The Balaban J connectivity index is 2.04. The smallest absolute Gasteiger partial charge is 0.282 e. The molecule has 20 heavy (non-hydrogen) atoms. The molecule has 1 aliphatic heterocycles. The zero-order valence-electron chi connectivity index (χ0n) is 11.4. The number of hydrogen-bond donors (Lipinski definition) is 2. The third kappa shape index (κ3) is 1.88. The van der Waals surface area contributed by atoms with Crippen LogP contribution >= 0.6 is 0 Å². The largest absolute Gasteiger partial charge is 0.391 e. The number of aromatic nitrogens is 4. The van der Waals surface area contributed by atoms with Crippen LogP contribution in [0.1, 0.15) is 26.0 Å². The molecule has 1 aliphatic rings. The zero-order chi connectivity index (χ0) is 14.4. The summed E-state index contributed by atoms with van der Waals surface area (Å²) >= 11 is 0. The van der Waals surface area contributed by atoms with Gasteiger partial charge in [0.05, 0.1) is 18.5 Å². The van der Waals surface area contributed by atoms with Crippen molar-refractivity contribution in [2.45, 2.75) is 38.2 Å². The maximum Gasteiger partial charge on any atom is 0.282 e. The van der Waals surface area contributed by atoms with Gasteiger partial charge in [-0.05, 0) is 19.8 Å². The highest BCUT2D eigenvalue weighted by atomic mass is 16.5. The second-order valence-electron chi connectivity index (χ2n) is 5.11. The summed E-state index contributed by atoms with van der Waals surface area (Å²) in [5, 5.41) is 9.57. The van der Waals surface area contributed by atoms with Crippen LogP contribution in [0.15, 0.2) is 11.1 Å². The Bertz CT molecular complexity index is 705. The van der Waals surface area contributed by atoms with Crippen LogP contribution in [0, 0.1) is 0 Å². The molecule has 0 aromatic carbocycles. The molecule has 0 amide bonds. The number of aliphatic hydroxyl groups excluding tert-OH is 1. The van der Waals surface area contributed by atoms with Crippen LogP contribution in [-0.4, -0.2) is 36.4 Å². The van der Waals surface area contributed by atoms with Gasteiger partial charge in [-0.25, -0.2) is 4.98 Å². The van der Waals surface area contributed by atoms with E-state index in [1.54, 1.807) is 18.5 Å². The number of rotatable bonds is 2. The van der Waals surface area contributed by atoms with Gasteiger partial charge in [0.15, 0.2) is 11.2 Å². The van der Waals surface area contributed by atoms with Crippen molar-refractivity contribution in [1.29, 1.82) is 0 Å². The lowest BCUT2D eigenvalue weighted by Crippen LogP contribution is -2.23. The third-order valence-electron chi connectivity index (χ3n) is 3.72. The van der Waals surface area contributed by atoms with Crippen molar-refractivity contribution in [2.75, 3.05) is 5.73 Å². The Morgan fingerprint density at radius 3 is 2.95 bits per heavy atom. The molecule has 3 N–H and O–H groups in total. The van der Waals surface area contributed by atoms with Gasteiger partial charge in [0.1, 0.15) is 6.23 Å². The molecule has 0 radical (unpaired) electrons. The summed E-state index contributed by atoms with van der Waals surface area (Å²) in [7, 11) is 1.55. The van der Waals surface area contributed by atoms with Crippen LogP contribution in [0.2, 0.25) is 0 Å². The summed E-state index contributed by atoms with van der Waals surface area (Å²) in [5.41, 5.74) is 6.13. The topological polar surface area (TPSA) is 108 Å². The van der Waals surface area contributed by atoms with E-state index in [0.717, 1.165) is 12.8 Å². The van der Waals surface area contributed by atoms with Gasteiger partial charge in [-0.3, -0.25) is 13.9 Å². The Hall–Kier alpha value is -1.93. The fraction of sp³-hybridized carbons (Fsp3) is 0.583. The molecular formula is C12H17N5O3. The SMILES string of the molecule is CC(O)C1CCC(n2cnc3c(=O)n(C)c(N)nc32)O1. The van der Waals surface area contributed by atoms with Crippen LogP contribution in [0.5, 0.6) is 0 Å². The van der Waals surface area contributed by atoms with Crippen molar-refractivity contribution in [3.63, 3.8) is 0 Å². The van der Waals surface area contributed by atoms with E-state index in [2.05, 4.69) is 9.97 Å². The van der Waals surface area contributed by atoms with Gasteiger partial charge in [-0.2, -0.15) is 4.98 Å². The Kier molecular flexibility index (Phi) is 2.98. The maximum atomic E-state index is 12.0. The third-order valence-corrected chi connectivity index (χ3v) is 3.72. The van der Waals surface area contributed by atoms with Gasteiger partial charge >= 0.3 is 0 Å². The van der Waals surface area contributed by atoms with Crippen LogP contribution in [0.25, 0.3) is 11.2 Å². The van der Waals surface area contributed by atoms with Crippen LogP contribution in [0.4, 0.5) is 5.95 Å². The first-order valence-corrected chi connectivity index (χ1v) is 6.51. The fourth-order valence-corrected chi connectivity index (χ4v) is 2.48. The lowest BCUT2D eigenvalue weighted by Gasteiger charge is -2.17. The van der Waals surface area contributed by atoms with Crippen molar-refractivity contribution in [1.82, 2.24) is 19.1 Å². The van der Waals surface area contributed by atoms with Gasteiger partial charge in [0.25, 0.3) is 5.56 Å². The van der Waals surface area contributed by atoms with E-state index in [4.69, 9.17) is 10.5 Å². The van der Waals surface area contributed by atoms with Crippen molar-refractivity contribution in [3.8, 4) is 0 Å². The van der Waals surface area contributed by atoms with Gasteiger partial charge in [-0.15, -0.1) is 0 Å². The fourth-order valence-electron chi connectivity index (χ4n) is 2.48. The number of fused-ring (bicyclic) bond motifs is 1. The molecule has 1 fully saturated rings. The van der Waals surface area contributed by atoms with E-state index >= 15 is 0 Å². The molecule has 2 aromatic rings. The van der Waals surface area contributed by atoms with Crippen molar-refractivity contribution >= 4 is 17.1 Å². The normalized spacial score (nSPS) is 24.4. The minimum Gasteiger partial charge on any atom is -0.391 e. The summed E-state index contributed by atoms with van der Waals surface area (Å²) in [5.74, 6) is 0.134. The molecule has 3 heterocycles. The number of nitrogen functional groups attached to an aromatic ring is 1. The highest BCUT2D eigenvalue weighted by Gasteiger charge is 2.31. The van der Waals surface area contributed by atoms with Gasteiger partial charge in [0, 0.05) is 7.05 Å². The lowest BCUT2D eigenvalue weighted by atomic mass is 10.1. The number of nitrogens with zero attached hydrogens (tertiary/aromatic N) is 4. The highest BCUT2D eigenvalue weighted by molar-refractivity contribution is 5.70. The maximum absolute atomic E-state index is 12.0. The quantitative estimate of drug-likeness (QED) is 0.786. The van der Waals surface area contributed by atoms with Crippen molar-refractivity contribution in [3.05, 3.63) is 16.7 Å². The van der Waals surface area contributed by atoms with Crippen LogP contribution < -0.4 is 11.3 Å². The van der Waals surface area contributed by atoms with Crippen molar-refractivity contribution < 1.29 is 9.84 Å². The number of anilines is 1. The molecule has 0 spiro atoms. The second-order valence-corrected chi connectivity index (χ2v) is 5.11. The number of hydrogen-bond acceptors (Lipinski definition) is 6. The molecule has 2 aromatic heterocycles. The second kappa shape index (κ2) is 4.57. The number of imidazole rings is 1. The zero-order valence-corrected chi connectivity index (χ0v) is 11.4. The minimum absolute atomic E-state index is 0.134. The van der Waals surface area contributed by atoms with Crippen LogP contribution in [0.3, 0.4) is 0 Å². The first kappa shape index (κ1) is 13.1. The van der Waals surface area contributed by atoms with E-state index in [0.29, 0.717) is 5.65 Å². The van der Waals surface area contributed by atoms with Gasteiger partial charge < -0.3 is 15.6 Å². The Labute approximate surface area is 114 Å². The first-order valence-electron chi connectivity index (χ1n) is 6.51. The molecule has 3 rings (SSSR count). The Morgan fingerprint density at radius 1 is 1.55 bits per heavy atom. The van der Waals surface area contributed by atoms with E-state index in [-0.39, 0.29) is 29.4 Å². The summed E-state index contributed by atoms with van der Waals surface area (Å²) in [6.07, 6.45) is 2.01. The van der Waals surface area contributed by atoms with Gasteiger partial charge in [-0.1, -0.05) is 0 Å². The first-order chi connectivity index (χ1) is 9.49. The Morgan fingerprint density at radius 2 is 2.30 bits per heavy atom. The number of aliphatic hydroxyl groups is 1. The molecule has 3 unspecified atom stereocenters. The number of ether oxygens (including phenoxy) is 1. The molecule has 108 valence electrons. The van der Waals surface area contributed by atoms with Crippen molar-refractivity contribution in [2.24, 2.45) is 7.05 Å². The highest BCUT2D eigenvalue weighted by Crippen LogP contribution is 2.31.